The predicted molar refractivity (Wildman–Crippen MR) is 112 cm³/mol. The summed E-state index contributed by atoms with van der Waals surface area (Å²) in [5.74, 6) is 2.11. The predicted octanol–water partition coefficient (Wildman–Crippen LogP) is 4.76. The van der Waals surface area contributed by atoms with Gasteiger partial charge in [-0.2, -0.15) is 0 Å². The van der Waals surface area contributed by atoms with Crippen molar-refractivity contribution in [2.75, 3.05) is 18.6 Å². The van der Waals surface area contributed by atoms with Crippen molar-refractivity contribution >= 4 is 22.6 Å². The average Bonchev–Trinajstić information content (AvgIpc) is 3.29. The van der Waals surface area contributed by atoms with Gasteiger partial charge in [-0.05, 0) is 42.8 Å². The van der Waals surface area contributed by atoms with E-state index in [1.165, 1.54) is 18.4 Å². The molecule has 0 N–H and O–H groups in total. The molecule has 1 unspecified atom stereocenters. The number of para-hydroxylation sites is 2. The molecule has 1 aromatic heterocycles. The molecule has 1 fully saturated rings. The van der Waals surface area contributed by atoms with Gasteiger partial charge in [0.05, 0.1) is 18.1 Å². The Morgan fingerprint density at radius 1 is 1.11 bits per heavy atom. The van der Waals surface area contributed by atoms with Crippen LogP contribution in [0.25, 0.3) is 11.0 Å². The number of hydrogen-bond acceptors (Lipinski definition) is 3. The Labute approximate surface area is 165 Å². The molecular formula is C23H27N3O2. The first-order valence-corrected chi connectivity index (χ1v) is 10.1. The fourth-order valence-electron chi connectivity index (χ4n) is 4.05. The van der Waals surface area contributed by atoms with Crippen molar-refractivity contribution in [3.05, 3.63) is 54.4 Å². The van der Waals surface area contributed by atoms with Gasteiger partial charge in [-0.25, -0.2) is 4.98 Å². The highest BCUT2D eigenvalue weighted by atomic mass is 16.5. The fraction of sp³-hybridized carbons (Fsp3) is 0.391. The molecule has 0 spiro atoms. The molecule has 0 radical (unpaired) electrons. The molecule has 3 aromatic rings. The highest BCUT2D eigenvalue weighted by Crippen LogP contribution is 2.34. The van der Waals surface area contributed by atoms with Crippen LogP contribution in [0.2, 0.25) is 0 Å². The number of carbonyl (C=O) groups is 1. The second-order valence-corrected chi connectivity index (χ2v) is 7.42. The summed E-state index contributed by atoms with van der Waals surface area (Å²) in [5, 5.41) is 0. The second-order valence-electron chi connectivity index (χ2n) is 7.42. The lowest BCUT2D eigenvalue weighted by Gasteiger charge is -2.18. The van der Waals surface area contributed by atoms with Gasteiger partial charge in [0.2, 0.25) is 5.91 Å². The standard InChI is InChI=1S/C23H27N3O2/c1-3-4-7-14-25-21-9-6-5-8-20(21)24-23(25)17-15-22(27)26(16-17)18-10-12-19(28-2)13-11-18/h5-6,8-13,17H,3-4,7,14-16H2,1-2H3. The number of anilines is 1. The molecule has 5 heteroatoms. The van der Waals surface area contributed by atoms with Gasteiger partial charge in [-0.15, -0.1) is 0 Å². The van der Waals surface area contributed by atoms with Crippen LogP contribution in [0.1, 0.15) is 44.3 Å². The maximum Gasteiger partial charge on any atom is 0.227 e. The zero-order valence-corrected chi connectivity index (χ0v) is 16.6. The number of amides is 1. The van der Waals surface area contributed by atoms with Gasteiger partial charge < -0.3 is 14.2 Å². The highest BCUT2D eigenvalue weighted by Gasteiger charge is 2.34. The van der Waals surface area contributed by atoms with Crippen LogP contribution < -0.4 is 9.64 Å². The molecule has 0 aliphatic carbocycles. The molecule has 2 aromatic carbocycles. The number of imidazole rings is 1. The number of aryl methyl sites for hydroxylation is 1. The number of hydrogen-bond donors (Lipinski definition) is 0. The molecule has 1 amide bonds. The van der Waals surface area contributed by atoms with Crippen molar-refractivity contribution < 1.29 is 9.53 Å². The first-order chi connectivity index (χ1) is 13.7. The molecule has 28 heavy (non-hydrogen) atoms. The molecule has 5 nitrogen and oxygen atoms in total. The number of benzene rings is 2. The number of methoxy groups -OCH3 is 1. The average molecular weight is 377 g/mol. The third-order valence-corrected chi connectivity index (χ3v) is 5.54. The van der Waals surface area contributed by atoms with Crippen LogP contribution in [0.4, 0.5) is 5.69 Å². The minimum absolute atomic E-state index is 0.114. The van der Waals surface area contributed by atoms with E-state index in [0.717, 1.165) is 35.7 Å². The highest BCUT2D eigenvalue weighted by molar-refractivity contribution is 5.96. The Balaban J connectivity index is 1.62. The summed E-state index contributed by atoms with van der Waals surface area (Å²) in [7, 11) is 1.65. The van der Waals surface area contributed by atoms with E-state index in [1.807, 2.05) is 35.2 Å². The Hall–Kier alpha value is -2.82. The molecule has 1 aliphatic rings. The second kappa shape index (κ2) is 8.05. The summed E-state index contributed by atoms with van der Waals surface area (Å²) in [6.07, 6.45) is 4.03. The SMILES string of the molecule is CCCCCn1c(C2CC(=O)N(c3ccc(OC)cc3)C2)nc2ccccc21. The van der Waals surface area contributed by atoms with Crippen LogP contribution in [0, 0.1) is 0 Å². The summed E-state index contributed by atoms with van der Waals surface area (Å²) in [6.45, 7) is 3.84. The summed E-state index contributed by atoms with van der Waals surface area (Å²) in [5.41, 5.74) is 3.11. The summed E-state index contributed by atoms with van der Waals surface area (Å²) < 4.78 is 7.56. The van der Waals surface area contributed by atoms with Crippen molar-refractivity contribution in [3.8, 4) is 5.75 Å². The third kappa shape index (κ3) is 3.49. The van der Waals surface area contributed by atoms with E-state index in [9.17, 15) is 4.79 Å². The first-order valence-electron chi connectivity index (χ1n) is 10.1. The van der Waals surface area contributed by atoms with E-state index in [0.29, 0.717) is 13.0 Å². The lowest BCUT2D eigenvalue weighted by atomic mass is 10.1. The Morgan fingerprint density at radius 3 is 2.64 bits per heavy atom. The molecule has 2 heterocycles. The van der Waals surface area contributed by atoms with E-state index in [4.69, 9.17) is 9.72 Å². The normalized spacial score (nSPS) is 16.9. The van der Waals surface area contributed by atoms with E-state index < -0.39 is 0 Å². The van der Waals surface area contributed by atoms with Crippen LogP contribution in [-0.2, 0) is 11.3 Å². The van der Waals surface area contributed by atoms with Gasteiger partial charge in [-0.1, -0.05) is 31.9 Å². The smallest absolute Gasteiger partial charge is 0.227 e. The minimum atomic E-state index is 0.114. The molecule has 1 atom stereocenters. The largest absolute Gasteiger partial charge is 0.497 e. The van der Waals surface area contributed by atoms with Gasteiger partial charge in [0.15, 0.2) is 0 Å². The van der Waals surface area contributed by atoms with Crippen molar-refractivity contribution in [2.24, 2.45) is 0 Å². The van der Waals surface area contributed by atoms with Crippen molar-refractivity contribution in [2.45, 2.75) is 45.1 Å². The summed E-state index contributed by atoms with van der Waals surface area (Å²) in [4.78, 5) is 19.6. The minimum Gasteiger partial charge on any atom is -0.497 e. The van der Waals surface area contributed by atoms with E-state index in [2.05, 4.69) is 29.7 Å². The molecule has 0 bridgehead atoms. The van der Waals surface area contributed by atoms with Crippen LogP contribution in [0.3, 0.4) is 0 Å². The number of nitrogens with zero attached hydrogens (tertiary/aromatic N) is 3. The maximum absolute atomic E-state index is 12.8. The van der Waals surface area contributed by atoms with Crippen molar-refractivity contribution in [1.29, 1.82) is 0 Å². The van der Waals surface area contributed by atoms with Crippen molar-refractivity contribution in [3.63, 3.8) is 0 Å². The Kier molecular flexibility index (Phi) is 5.33. The lowest BCUT2D eigenvalue weighted by molar-refractivity contribution is -0.117. The molecule has 146 valence electrons. The number of ether oxygens (including phenoxy) is 1. The van der Waals surface area contributed by atoms with Gasteiger partial charge >= 0.3 is 0 Å². The number of fused-ring (bicyclic) bond motifs is 1. The van der Waals surface area contributed by atoms with Gasteiger partial charge in [-0.3, -0.25) is 4.79 Å². The zero-order chi connectivity index (χ0) is 19.5. The van der Waals surface area contributed by atoms with E-state index in [-0.39, 0.29) is 11.8 Å². The topological polar surface area (TPSA) is 47.4 Å². The maximum atomic E-state index is 12.8. The zero-order valence-electron chi connectivity index (χ0n) is 16.6. The quantitative estimate of drug-likeness (QED) is 0.558. The lowest BCUT2D eigenvalue weighted by Crippen LogP contribution is -2.24. The molecule has 4 rings (SSSR count). The Morgan fingerprint density at radius 2 is 1.89 bits per heavy atom. The number of unbranched alkanes of at least 4 members (excludes halogenated alkanes) is 2. The van der Waals surface area contributed by atoms with Crippen LogP contribution in [0.15, 0.2) is 48.5 Å². The monoisotopic (exact) mass is 377 g/mol. The molecular weight excluding hydrogens is 350 g/mol. The van der Waals surface area contributed by atoms with Crippen LogP contribution in [-0.4, -0.2) is 29.1 Å². The fourth-order valence-corrected chi connectivity index (χ4v) is 4.05. The third-order valence-electron chi connectivity index (χ3n) is 5.54. The van der Waals surface area contributed by atoms with E-state index in [1.54, 1.807) is 7.11 Å². The number of carbonyl (C=O) groups excluding carboxylic acids is 1. The van der Waals surface area contributed by atoms with Crippen LogP contribution in [0.5, 0.6) is 5.75 Å². The van der Waals surface area contributed by atoms with Gasteiger partial charge in [0, 0.05) is 31.1 Å². The number of rotatable bonds is 7. The van der Waals surface area contributed by atoms with Gasteiger partial charge in [0.25, 0.3) is 0 Å². The molecule has 1 aliphatic heterocycles. The summed E-state index contributed by atoms with van der Waals surface area (Å²) in [6, 6.07) is 16.0. The van der Waals surface area contributed by atoms with Crippen LogP contribution >= 0.6 is 0 Å². The van der Waals surface area contributed by atoms with E-state index >= 15 is 0 Å². The Bertz CT molecular complexity index is 962. The van der Waals surface area contributed by atoms with Gasteiger partial charge in [0.1, 0.15) is 11.6 Å². The summed E-state index contributed by atoms with van der Waals surface area (Å²) >= 11 is 0. The number of aromatic nitrogens is 2. The molecule has 1 saturated heterocycles. The molecule has 0 saturated carbocycles. The van der Waals surface area contributed by atoms with Crippen molar-refractivity contribution in [1.82, 2.24) is 9.55 Å². The first kappa shape index (κ1) is 18.5.